The topological polar surface area (TPSA) is 29.9 Å². The monoisotopic (exact) mass is 273 g/mol. The minimum atomic E-state index is -0.178. The van der Waals surface area contributed by atoms with Gasteiger partial charge in [0.05, 0.1) is 6.20 Å². The Bertz CT molecular complexity index is 587. The first-order chi connectivity index (χ1) is 9.76. The van der Waals surface area contributed by atoms with E-state index in [2.05, 4.69) is 17.3 Å². The molecule has 1 aromatic heterocycles. The molecule has 0 saturated heterocycles. The summed E-state index contributed by atoms with van der Waals surface area (Å²) in [7, 11) is 0. The lowest BCUT2D eigenvalue weighted by Gasteiger charge is -2.09. The molecule has 0 atom stereocenters. The molecule has 3 nitrogen and oxygen atoms in total. The molecule has 2 aromatic rings. The highest BCUT2D eigenvalue weighted by Crippen LogP contribution is 2.26. The van der Waals surface area contributed by atoms with E-state index < -0.39 is 0 Å². The van der Waals surface area contributed by atoms with Crippen molar-refractivity contribution < 1.29 is 4.39 Å². The molecule has 1 aliphatic rings. The van der Waals surface area contributed by atoms with E-state index in [1.807, 2.05) is 23.1 Å². The second-order valence-electron chi connectivity index (χ2n) is 5.45. The van der Waals surface area contributed by atoms with E-state index in [0.717, 1.165) is 36.2 Å². The van der Waals surface area contributed by atoms with Crippen molar-refractivity contribution in [1.29, 1.82) is 0 Å². The van der Waals surface area contributed by atoms with Gasteiger partial charge in [0.2, 0.25) is 0 Å². The Morgan fingerprint density at radius 2 is 2.25 bits per heavy atom. The van der Waals surface area contributed by atoms with Crippen LogP contribution in [-0.2, 0) is 13.1 Å². The maximum Gasteiger partial charge on any atom is 0.123 e. The molecule has 20 heavy (non-hydrogen) atoms. The zero-order valence-electron chi connectivity index (χ0n) is 11.8. The molecule has 0 spiro atoms. The van der Waals surface area contributed by atoms with E-state index >= 15 is 0 Å². The molecule has 0 radical (unpaired) electrons. The minimum absolute atomic E-state index is 0.178. The summed E-state index contributed by atoms with van der Waals surface area (Å²) in [4.78, 5) is 0. The maximum atomic E-state index is 13.5. The van der Waals surface area contributed by atoms with Gasteiger partial charge in [-0.2, -0.15) is 5.10 Å². The second-order valence-corrected chi connectivity index (χ2v) is 5.45. The number of aromatic nitrogens is 2. The molecule has 1 N–H and O–H groups in total. The highest BCUT2D eigenvalue weighted by Gasteiger charge is 2.20. The minimum Gasteiger partial charge on any atom is -0.310 e. The number of hydrogen-bond donors (Lipinski definition) is 1. The first-order valence-electron chi connectivity index (χ1n) is 7.31. The van der Waals surface area contributed by atoms with Crippen LogP contribution in [0.4, 0.5) is 4.39 Å². The summed E-state index contributed by atoms with van der Waals surface area (Å²) in [6, 6.07) is 5.62. The summed E-state index contributed by atoms with van der Waals surface area (Å²) in [6.45, 7) is 3.76. The zero-order valence-corrected chi connectivity index (χ0v) is 11.8. The average Bonchev–Trinajstić information content (AvgIpc) is 3.16. The largest absolute Gasteiger partial charge is 0.310 e. The highest BCUT2D eigenvalue weighted by molar-refractivity contribution is 5.66. The van der Waals surface area contributed by atoms with Crippen LogP contribution in [0.1, 0.15) is 31.7 Å². The second kappa shape index (κ2) is 5.75. The van der Waals surface area contributed by atoms with Gasteiger partial charge in [0.15, 0.2) is 0 Å². The molecule has 3 rings (SSSR count). The third kappa shape index (κ3) is 3.07. The van der Waals surface area contributed by atoms with Gasteiger partial charge in [-0.3, -0.25) is 4.68 Å². The standard InChI is InChI=1S/C16H20FN3/c1-2-7-20-11-13(10-19-20)16-6-3-14(17)8-12(16)9-18-15-4-5-15/h3,6,8,10-11,15,18H,2,4-5,7,9H2,1H3. The highest BCUT2D eigenvalue weighted by atomic mass is 19.1. The van der Waals surface area contributed by atoms with Gasteiger partial charge in [-0.05, 0) is 42.5 Å². The van der Waals surface area contributed by atoms with Gasteiger partial charge in [0, 0.05) is 30.9 Å². The lowest BCUT2D eigenvalue weighted by molar-refractivity contribution is 0.603. The summed E-state index contributed by atoms with van der Waals surface area (Å²) in [5.41, 5.74) is 3.14. The number of nitrogens with one attached hydrogen (secondary N) is 1. The van der Waals surface area contributed by atoms with Crippen LogP contribution in [0.15, 0.2) is 30.6 Å². The summed E-state index contributed by atoms with van der Waals surface area (Å²) < 4.78 is 15.4. The Hall–Kier alpha value is -1.68. The fraction of sp³-hybridized carbons (Fsp3) is 0.438. The number of aryl methyl sites for hydroxylation is 1. The fourth-order valence-corrected chi connectivity index (χ4v) is 2.39. The molecular formula is C16H20FN3. The van der Waals surface area contributed by atoms with Gasteiger partial charge in [0.1, 0.15) is 5.82 Å². The van der Waals surface area contributed by atoms with E-state index in [0.29, 0.717) is 6.04 Å². The van der Waals surface area contributed by atoms with Gasteiger partial charge in [0.25, 0.3) is 0 Å². The van der Waals surface area contributed by atoms with Crippen molar-refractivity contribution >= 4 is 0 Å². The molecule has 0 bridgehead atoms. The fourth-order valence-electron chi connectivity index (χ4n) is 2.39. The third-order valence-electron chi connectivity index (χ3n) is 3.62. The Kier molecular flexibility index (Phi) is 3.83. The van der Waals surface area contributed by atoms with Crippen molar-refractivity contribution in [3.05, 3.63) is 42.0 Å². The van der Waals surface area contributed by atoms with E-state index in [1.54, 1.807) is 6.07 Å². The van der Waals surface area contributed by atoms with E-state index in [4.69, 9.17) is 0 Å². The number of rotatable bonds is 6. The van der Waals surface area contributed by atoms with Crippen LogP contribution in [0.5, 0.6) is 0 Å². The Balaban J connectivity index is 1.85. The van der Waals surface area contributed by atoms with Crippen LogP contribution in [0.25, 0.3) is 11.1 Å². The molecule has 1 heterocycles. The first-order valence-corrected chi connectivity index (χ1v) is 7.31. The van der Waals surface area contributed by atoms with E-state index in [-0.39, 0.29) is 5.82 Å². The van der Waals surface area contributed by atoms with Gasteiger partial charge in [-0.25, -0.2) is 4.39 Å². The van der Waals surface area contributed by atoms with Crippen LogP contribution >= 0.6 is 0 Å². The quantitative estimate of drug-likeness (QED) is 0.874. The zero-order chi connectivity index (χ0) is 13.9. The van der Waals surface area contributed by atoms with Crippen molar-refractivity contribution in [2.24, 2.45) is 0 Å². The molecule has 4 heteroatoms. The van der Waals surface area contributed by atoms with Gasteiger partial charge >= 0.3 is 0 Å². The molecule has 1 saturated carbocycles. The van der Waals surface area contributed by atoms with Gasteiger partial charge < -0.3 is 5.32 Å². The Labute approximate surface area is 118 Å². The van der Waals surface area contributed by atoms with Crippen molar-refractivity contribution in [2.75, 3.05) is 0 Å². The molecule has 106 valence electrons. The maximum absolute atomic E-state index is 13.5. The lowest BCUT2D eigenvalue weighted by atomic mass is 10.0. The molecule has 0 aliphatic heterocycles. The predicted octanol–water partition coefficient (Wildman–Crippen LogP) is 3.35. The molecule has 1 aliphatic carbocycles. The van der Waals surface area contributed by atoms with E-state index in [1.165, 1.54) is 18.9 Å². The normalized spacial score (nSPS) is 14.7. The smallest absolute Gasteiger partial charge is 0.123 e. The Morgan fingerprint density at radius 1 is 1.40 bits per heavy atom. The SMILES string of the molecule is CCCn1cc(-c2ccc(F)cc2CNC2CC2)cn1. The molecule has 0 unspecified atom stereocenters. The van der Waals surface area contributed by atoms with Gasteiger partial charge in [-0.1, -0.05) is 13.0 Å². The van der Waals surface area contributed by atoms with Crippen molar-refractivity contribution in [3.63, 3.8) is 0 Å². The van der Waals surface area contributed by atoms with Gasteiger partial charge in [-0.15, -0.1) is 0 Å². The lowest BCUT2D eigenvalue weighted by Crippen LogP contribution is -2.16. The predicted molar refractivity (Wildman–Crippen MR) is 77.8 cm³/mol. The molecular weight excluding hydrogens is 253 g/mol. The summed E-state index contributed by atoms with van der Waals surface area (Å²) in [5, 5.41) is 7.80. The number of hydrogen-bond acceptors (Lipinski definition) is 2. The molecule has 0 amide bonds. The van der Waals surface area contributed by atoms with Crippen LogP contribution in [0, 0.1) is 5.82 Å². The average molecular weight is 273 g/mol. The summed E-state index contributed by atoms with van der Waals surface area (Å²) >= 11 is 0. The van der Waals surface area contributed by atoms with E-state index in [9.17, 15) is 4.39 Å². The number of nitrogens with zero attached hydrogens (tertiary/aromatic N) is 2. The number of benzene rings is 1. The van der Waals surface area contributed by atoms with Crippen LogP contribution in [0.3, 0.4) is 0 Å². The van der Waals surface area contributed by atoms with Crippen molar-refractivity contribution in [2.45, 2.75) is 45.3 Å². The Morgan fingerprint density at radius 3 is 3.00 bits per heavy atom. The molecule has 1 fully saturated rings. The van der Waals surface area contributed by atoms with Crippen molar-refractivity contribution in [1.82, 2.24) is 15.1 Å². The van der Waals surface area contributed by atoms with Crippen molar-refractivity contribution in [3.8, 4) is 11.1 Å². The van der Waals surface area contributed by atoms with Crippen LogP contribution < -0.4 is 5.32 Å². The molecule has 1 aromatic carbocycles. The van der Waals surface area contributed by atoms with Crippen LogP contribution in [0.2, 0.25) is 0 Å². The third-order valence-corrected chi connectivity index (χ3v) is 3.62. The number of halogens is 1. The van der Waals surface area contributed by atoms with Crippen LogP contribution in [-0.4, -0.2) is 15.8 Å². The summed E-state index contributed by atoms with van der Waals surface area (Å²) in [5.74, 6) is -0.178. The summed E-state index contributed by atoms with van der Waals surface area (Å²) in [6.07, 6.45) is 7.43. The first kappa shape index (κ1) is 13.3.